The average Bonchev–Trinajstić information content (AvgIpc) is 2.50. The van der Waals surface area contributed by atoms with E-state index in [1.165, 1.54) is 11.7 Å². The van der Waals surface area contributed by atoms with Gasteiger partial charge in [-0.2, -0.15) is 5.26 Å². The summed E-state index contributed by atoms with van der Waals surface area (Å²) in [5, 5.41) is 9.29. The van der Waals surface area contributed by atoms with E-state index in [0.29, 0.717) is 16.1 Å². The number of fused-ring (bicyclic) bond motifs is 1. The monoisotopic (exact) mass is 303 g/mol. The highest BCUT2D eigenvalue weighted by atomic mass is 32.2. The van der Waals surface area contributed by atoms with E-state index in [1.807, 2.05) is 0 Å². The molecule has 0 N–H and O–H groups in total. The van der Waals surface area contributed by atoms with Crippen LogP contribution in [0, 0.1) is 11.3 Å². The molecule has 7 heteroatoms. The number of carbonyl (C=O) groups excluding carboxylic acids is 1. The second kappa shape index (κ2) is 6.41. The molecule has 2 aromatic rings. The Labute approximate surface area is 125 Å². The van der Waals surface area contributed by atoms with Crippen LogP contribution < -0.4 is 5.56 Å². The standard InChI is InChI=1S/C14H13N3O3S/c1-9(7-15)21-14-16-11-6-4-3-5-10(11)13(19)17(14)8-12(18)20-2/h3-6,9H,8H2,1-2H3. The highest BCUT2D eigenvalue weighted by molar-refractivity contribution is 8.00. The molecule has 0 aliphatic heterocycles. The van der Waals surface area contributed by atoms with Crippen molar-refractivity contribution < 1.29 is 9.53 Å². The SMILES string of the molecule is COC(=O)Cn1c(SC(C)C#N)nc2ccccc2c1=O. The van der Waals surface area contributed by atoms with Crippen LogP contribution in [0.1, 0.15) is 6.92 Å². The molecular weight excluding hydrogens is 290 g/mol. The number of nitriles is 1. The minimum absolute atomic E-state index is 0.229. The number of aromatic nitrogens is 2. The fourth-order valence-electron chi connectivity index (χ4n) is 1.76. The summed E-state index contributed by atoms with van der Waals surface area (Å²) in [6.07, 6.45) is 0. The van der Waals surface area contributed by atoms with Crippen LogP contribution in [-0.4, -0.2) is 27.9 Å². The second-order valence-corrected chi connectivity index (χ2v) is 5.58. The topological polar surface area (TPSA) is 85.0 Å². The molecule has 1 aromatic carbocycles. The van der Waals surface area contributed by atoms with Gasteiger partial charge in [0.15, 0.2) is 5.16 Å². The van der Waals surface area contributed by atoms with Crippen molar-refractivity contribution in [1.29, 1.82) is 5.26 Å². The summed E-state index contributed by atoms with van der Waals surface area (Å²) in [4.78, 5) is 28.4. The van der Waals surface area contributed by atoms with Crippen LogP contribution in [0.3, 0.4) is 0 Å². The van der Waals surface area contributed by atoms with Gasteiger partial charge in [0.2, 0.25) is 0 Å². The highest BCUT2D eigenvalue weighted by Gasteiger charge is 2.16. The zero-order chi connectivity index (χ0) is 15.4. The molecule has 0 bridgehead atoms. The number of thioether (sulfide) groups is 1. The lowest BCUT2D eigenvalue weighted by atomic mass is 10.2. The van der Waals surface area contributed by atoms with E-state index < -0.39 is 5.97 Å². The summed E-state index contributed by atoms with van der Waals surface area (Å²) in [6, 6.07) is 8.96. The summed E-state index contributed by atoms with van der Waals surface area (Å²) in [7, 11) is 1.26. The number of esters is 1. The molecule has 0 amide bonds. The van der Waals surface area contributed by atoms with E-state index in [9.17, 15) is 9.59 Å². The number of carbonyl (C=O) groups is 1. The van der Waals surface area contributed by atoms with E-state index in [4.69, 9.17) is 5.26 Å². The zero-order valence-corrected chi connectivity index (χ0v) is 12.4. The Morgan fingerprint density at radius 1 is 1.52 bits per heavy atom. The molecule has 0 fully saturated rings. The number of methoxy groups -OCH3 is 1. The van der Waals surface area contributed by atoms with Crippen molar-refractivity contribution in [2.24, 2.45) is 0 Å². The van der Waals surface area contributed by atoms with Gasteiger partial charge in [-0.3, -0.25) is 14.2 Å². The van der Waals surface area contributed by atoms with Crippen LogP contribution >= 0.6 is 11.8 Å². The van der Waals surface area contributed by atoms with Crippen LogP contribution in [0.5, 0.6) is 0 Å². The lowest BCUT2D eigenvalue weighted by Gasteiger charge is -2.12. The third kappa shape index (κ3) is 3.23. The molecule has 0 aliphatic rings. The van der Waals surface area contributed by atoms with Crippen molar-refractivity contribution in [2.75, 3.05) is 7.11 Å². The Balaban J connectivity index is 2.62. The molecule has 1 atom stereocenters. The van der Waals surface area contributed by atoms with E-state index in [1.54, 1.807) is 31.2 Å². The number of ether oxygens (including phenoxy) is 1. The Morgan fingerprint density at radius 2 is 2.24 bits per heavy atom. The molecule has 0 spiro atoms. The highest BCUT2D eigenvalue weighted by Crippen LogP contribution is 2.21. The third-order valence-corrected chi connectivity index (χ3v) is 3.79. The van der Waals surface area contributed by atoms with Gasteiger partial charge in [0.05, 0.1) is 29.3 Å². The molecule has 108 valence electrons. The Hall–Kier alpha value is -2.33. The maximum Gasteiger partial charge on any atom is 0.325 e. The maximum absolute atomic E-state index is 12.5. The van der Waals surface area contributed by atoms with Gasteiger partial charge in [-0.1, -0.05) is 23.9 Å². The van der Waals surface area contributed by atoms with Crippen molar-refractivity contribution in [3.63, 3.8) is 0 Å². The first-order valence-electron chi connectivity index (χ1n) is 6.19. The summed E-state index contributed by atoms with van der Waals surface area (Å²) < 4.78 is 5.85. The van der Waals surface area contributed by atoms with Crippen LogP contribution in [-0.2, 0) is 16.1 Å². The van der Waals surface area contributed by atoms with Crippen molar-refractivity contribution in [3.05, 3.63) is 34.6 Å². The fourth-order valence-corrected chi connectivity index (χ4v) is 2.55. The fraction of sp³-hybridized carbons (Fsp3) is 0.286. The van der Waals surface area contributed by atoms with Gasteiger partial charge < -0.3 is 4.74 Å². The summed E-state index contributed by atoms with van der Waals surface area (Å²) in [5.41, 5.74) is 0.217. The summed E-state index contributed by atoms with van der Waals surface area (Å²) >= 11 is 1.13. The first-order valence-corrected chi connectivity index (χ1v) is 7.07. The smallest absolute Gasteiger partial charge is 0.325 e. The first kappa shape index (κ1) is 15.1. The number of para-hydroxylation sites is 1. The molecule has 0 radical (unpaired) electrons. The number of hydrogen-bond acceptors (Lipinski definition) is 6. The molecule has 6 nitrogen and oxygen atoms in total. The molecule has 0 saturated heterocycles. The van der Waals surface area contributed by atoms with Gasteiger partial charge >= 0.3 is 5.97 Å². The van der Waals surface area contributed by atoms with Gasteiger partial charge in [0.1, 0.15) is 6.54 Å². The number of hydrogen-bond donors (Lipinski definition) is 0. The molecule has 0 aliphatic carbocycles. The Kier molecular flexibility index (Phi) is 4.60. The van der Waals surface area contributed by atoms with Crippen LogP contribution in [0.15, 0.2) is 34.2 Å². The Bertz CT molecular complexity index is 779. The van der Waals surface area contributed by atoms with Crippen molar-refractivity contribution >= 4 is 28.6 Å². The second-order valence-electron chi connectivity index (χ2n) is 4.27. The number of rotatable bonds is 4. The minimum Gasteiger partial charge on any atom is -0.468 e. The predicted molar refractivity (Wildman–Crippen MR) is 79.0 cm³/mol. The number of benzene rings is 1. The van der Waals surface area contributed by atoms with Crippen molar-refractivity contribution in [3.8, 4) is 6.07 Å². The van der Waals surface area contributed by atoms with Crippen molar-refractivity contribution in [1.82, 2.24) is 9.55 Å². The van der Waals surface area contributed by atoms with Crippen LogP contribution in [0.25, 0.3) is 10.9 Å². The van der Waals surface area contributed by atoms with Crippen LogP contribution in [0.2, 0.25) is 0 Å². The predicted octanol–water partition coefficient (Wildman–Crippen LogP) is 1.57. The zero-order valence-electron chi connectivity index (χ0n) is 11.6. The molecule has 0 saturated carbocycles. The molecule has 1 aromatic heterocycles. The van der Waals surface area contributed by atoms with E-state index >= 15 is 0 Å². The number of nitrogens with zero attached hydrogens (tertiary/aromatic N) is 3. The van der Waals surface area contributed by atoms with Gasteiger partial charge in [-0.25, -0.2) is 4.98 Å². The maximum atomic E-state index is 12.5. The molecule has 21 heavy (non-hydrogen) atoms. The van der Waals surface area contributed by atoms with Gasteiger partial charge in [-0.05, 0) is 19.1 Å². The molecule has 2 rings (SSSR count). The lowest BCUT2D eigenvalue weighted by Crippen LogP contribution is -2.27. The van der Waals surface area contributed by atoms with E-state index in [2.05, 4.69) is 15.8 Å². The molecular formula is C14H13N3O3S. The quantitative estimate of drug-likeness (QED) is 0.484. The Morgan fingerprint density at radius 3 is 2.90 bits per heavy atom. The minimum atomic E-state index is -0.541. The third-order valence-electron chi connectivity index (χ3n) is 2.81. The van der Waals surface area contributed by atoms with Crippen molar-refractivity contribution in [2.45, 2.75) is 23.9 Å². The van der Waals surface area contributed by atoms with Crippen LogP contribution in [0.4, 0.5) is 0 Å². The van der Waals surface area contributed by atoms with Gasteiger partial charge in [0.25, 0.3) is 5.56 Å². The lowest BCUT2D eigenvalue weighted by molar-refractivity contribution is -0.141. The molecule has 1 heterocycles. The first-order chi connectivity index (χ1) is 10.1. The average molecular weight is 303 g/mol. The van der Waals surface area contributed by atoms with E-state index in [-0.39, 0.29) is 17.4 Å². The van der Waals surface area contributed by atoms with E-state index in [0.717, 1.165) is 11.8 Å². The van der Waals surface area contributed by atoms with Gasteiger partial charge in [-0.15, -0.1) is 0 Å². The normalized spacial score (nSPS) is 11.9. The molecule has 1 unspecified atom stereocenters. The van der Waals surface area contributed by atoms with Gasteiger partial charge in [0, 0.05) is 0 Å². The summed E-state index contributed by atoms with van der Waals surface area (Å²) in [6.45, 7) is 1.47. The summed E-state index contributed by atoms with van der Waals surface area (Å²) in [5.74, 6) is -0.541. The largest absolute Gasteiger partial charge is 0.468 e.